The fraction of sp³-hybridized carbons (Fsp3) is 0.500. The molecule has 0 amide bonds. The monoisotopic (exact) mass is 235 g/mol. The van der Waals surface area contributed by atoms with Gasteiger partial charge in [-0.25, -0.2) is 4.98 Å². The Bertz CT molecular complexity index is 417. The van der Waals surface area contributed by atoms with Crippen LogP contribution >= 0.6 is 12.2 Å². The predicted molar refractivity (Wildman–Crippen MR) is 70.6 cm³/mol. The Hall–Kier alpha value is -1.16. The van der Waals surface area contributed by atoms with Crippen LogP contribution in [0.1, 0.15) is 24.6 Å². The lowest BCUT2D eigenvalue weighted by molar-refractivity contribution is 0.784. The van der Waals surface area contributed by atoms with Gasteiger partial charge in [-0.3, -0.25) is 0 Å². The number of rotatable bonds is 4. The van der Waals surface area contributed by atoms with Gasteiger partial charge in [-0.15, -0.1) is 0 Å². The molecule has 1 heterocycles. The molecule has 1 aromatic heterocycles. The van der Waals surface area contributed by atoms with Gasteiger partial charge in [0, 0.05) is 17.8 Å². The second-order valence-corrected chi connectivity index (χ2v) is 5.04. The van der Waals surface area contributed by atoms with Crippen molar-refractivity contribution in [3.63, 3.8) is 0 Å². The molecule has 1 fully saturated rings. The van der Waals surface area contributed by atoms with Crippen LogP contribution in [0.2, 0.25) is 0 Å². The van der Waals surface area contributed by atoms with Crippen molar-refractivity contribution in [1.82, 2.24) is 4.98 Å². The number of nitrogens with zero attached hydrogens (tertiary/aromatic N) is 1. The van der Waals surface area contributed by atoms with Crippen LogP contribution in [0.25, 0.3) is 0 Å². The van der Waals surface area contributed by atoms with Crippen LogP contribution in [0.4, 0.5) is 5.82 Å². The van der Waals surface area contributed by atoms with Crippen molar-refractivity contribution in [1.29, 1.82) is 0 Å². The number of aromatic nitrogens is 1. The normalized spacial score (nSPS) is 22.9. The topological polar surface area (TPSA) is 50.9 Å². The van der Waals surface area contributed by atoms with Gasteiger partial charge in [0.15, 0.2) is 0 Å². The van der Waals surface area contributed by atoms with Crippen LogP contribution in [0, 0.1) is 18.8 Å². The number of pyridine rings is 1. The average molecular weight is 235 g/mol. The second kappa shape index (κ2) is 4.37. The van der Waals surface area contributed by atoms with Crippen molar-refractivity contribution >= 4 is 23.0 Å². The van der Waals surface area contributed by atoms with E-state index in [2.05, 4.69) is 17.2 Å². The van der Waals surface area contributed by atoms with Crippen molar-refractivity contribution in [3.8, 4) is 0 Å². The van der Waals surface area contributed by atoms with E-state index in [0.717, 1.165) is 35.5 Å². The lowest BCUT2D eigenvalue weighted by Gasteiger charge is -2.08. The third-order valence-electron chi connectivity index (χ3n) is 3.06. The molecule has 1 aromatic rings. The molecule has 3 nitrogen and oxygen atoms in total. The SMILES string of the molecule is Cc1cc(C(N)=S)cc(NCC2CC2C)n1. The fourth-order valence-electron chi connectivity index (χ4n) is 1.82. The summed E-state index contributed by atoms with van der Waals surface area (Å²) in [5, 5.41) is 3.35. The first-order chi connectivity index (χ1) is 7.56. The van der Waals surface area contributed by atoms with Gasteiger partial charge in [0.2, 0.25) is 0 Å². The van der Waals surface area contributed by atoms with Crippen LogP contribution in [0.15, 0.2) is 12.1 Å². The summed E-state index contributed by atoms with van der Waals surface area (Å²) < 4.78 is 0. The zero-order chi connectivity index (χ0) is 11.7. The summed E-state index contributed by atoms with van der Waals surface area (Å²) in [6, 6.07) is 3.83. The van der Waals surface area contributed by atoms with Gasteiger partial charge in [0.05, 0.1) is 0 Å². The van der Waals surface area contributed by atoms with E-state index < -0.39 is 0 Å². The van der Waals surface area contributed by atoms with Crippen molar-refractivity contribution in [3.05, 3.63) is 23.4 Å². The molecular formula is C12H17N3S. The maximum Gasteiger partial charge on any atom is 0.126 e. The molecule has 0 bridgehead atoms. The van der Waals surface area contributed by atoms with Gasteiger partial charge < -0.3 is 11.1 Å². The van der Waals surface area contributed by atoms with Crippen molar-refractivity contribution in [2.75, 3.05) is 11.9 Å². The van der Waals surface area contributed by atoms with E-state index in [1.165, 1.54) is 6.42 Å². The minimum absolute atomic E-state index is 0.424. The summed E-state index contributed by atoms with van der Waals surface area (Å²) in [7, 11) is 0. The van der Waals surface area contributed by atoms with E-state index in [0.29, 0.717) is 4.99 Å². The molecule has 86 valence electrons. The Morgan fingerprint density at radius 3 is 2.88 bits per heavy atom. The molecule has 0 aliphatic heterocycles. The highest BCUT2D eigenvalue weighted by atomic mass is 32.1. The molecule has 1 aliphatic carbocycles. The molecule has 3 N–H and O–H groups in total. The van der Waals surface area contributed by atoms with E-state index >= 15 is 0 Å². The average Bonchev–Trinajstić information content (AvgIpc) is 2.91. The molecule has 2 atom stereocenters. The number of hydrogen-bond donors (Lipinski definition) is 2. The maximum atomic E-state index is 5.62. The molecule has 0 radical (unpaired) electrons. The molecule has 0 saturated heterocycles. The van der Waals surface area contributed by atoms with E-state index in [1.807, 2.05) is 19.1 Å². The zero-order valence-electron chi connectivity index (χ0n) is 9.66. The van der Waals surface area contributed by atoms with Crippen LogP contribution < -0.4 is 11.1 Å². The zero-order valence-corrected chi connectivity index (χ0v) is 10.5. The summed E-state index contributed by atoms with van der Waals surface area (Å²) in [6.07, 6.45) is 1.32. The Morgan fingerprint density at radius 2 is 2.31 bits per heavy atom. The summed E-state index contributed by atoms with van der Waals surface area (Å²) >= 11 is 4.97. The van der Waals surface area contributed by atoms with Gasteiger partial charge in [0.25, 0.3) is 0 Å². The van der Waals surface area contributed by atoms with Gasteiger partial charge in [-0.05, 0) is 37.3 Å². The van der Waals surface area contributed by atoms with Gasteiger partial charge in [0.1, 0.15) is 10.8 Å². The van der Waals surface area contributed by atoms with E-state index in [9.17, 15) is 0 Å². The quantitative estimate of drug-likeness (QED) is 0.785. The number of thiocarbonyl (C=S) groups is 1. The minimum Gasteiger partial charge on any atom is -0.389 e. The first-order valence-electron chi connectivity index (χ1n) is 5.58. The third-order valence-corrected chi connectivity index (χ3v) is 3.30. The molecule has 2 rings (SSSR count). The van der Waals surface area contributed by atoms with Crippen LogP contribution in [0.3, 0.4) is 0 Å². The maximum absolute atomic E-state index is 5.62. The Kier molecular flexibility index (Phi) is 3.10. The second-order valence-electron chi connectivity index (χ2n) is 4.60. The highest BCUT2D eigenvalue weighted by Gasteiger charge is 2.31. The Balaban J connectivity index is 2.05. The highest BCUT2D eigenvalue weighted by molar-refractivity contribution is 7.80. The third kappa shape index (κ3) is 2.70. The number of hydrogen-bond acceptors (Lipinski definition) is 3. The van der Waals surface area contributed by atoms with E-state index in [1.54, 1.807) is 0 Å². The molecule has 1 saturated carbocycles. The van der Waals surface area contributed by atoms with Crippen LogP contribution in [0.5, 0.6) is 0 Å². The summed E-state index contributed by atoms with van der Waals surface area (Å²) in [4.78, 5) is 4.84. The number of nitrogens with two attached hydrogens (primary N) is 1. The summed E-state index contributed by atoms with van der Waals surface area (Å²) in [5.74, 6) is 2.53. The summed E-state index contributed by atoms with van der Waals surface area (Å²) in [5.41, 5.74) is 7.44. The molecular weight excluding hydrogens is 218 g/mol. The standard InChI is InChI=1S/C12H17N3S/c1-7-3-10(7)6-14-11-5-9(12(13)16)4-8(2)15-11/h4-5,7,10H,3,6H2,1-2H3,(H2,13,16)(H,14,15). The molecule has 4 heteroatoms. The van der Waals surface area contributed by atoms with Crippen molar-refractivity contribution in [2.45, 2.75) is 20.3 Å². The largest absolute Gasteiger partial charge is 0.389 e. The van der Waals surface area contributed by atoms with E-state index in [-0.39, 0.29) is 0 Å². The molecule has 0 spiro atoms. The van der Waals surface area contributed by atoms with E-state index in [4.69, 9.17) is 18.0 Å². The molecule has 0 aromatic carbocycles. The smallest absolute Gasteiger partial charge is 0.126 e. The van der Waals surface area contributed by atoms with Crippen molar-refractivity contribution in [2.24, 2.45) is 17.6 Å². The number of aryl methyl sites for hydroxylation is 1. The minimum atomic E-state index is 0.424. The lowest BCUT2D eigenvalue weighted by Crippen LogP contribution is -2.12. The van der Waals surface area contributed by atoms with Gasteiger partial charge in [-0.2, -0.15) is 0 Å². The fourth-order valence-corrected chi connectivity index (χ4v) is 1.94. The van der Waals surface area contributed by atoms with Crippen LogP contribution in [-0.4, -0.2) is 16.5 Å². The van der Waals surface area contributed by atoms with Gasteiger partial charge in [-0.1, -0.05) is 19.1 Å². The first kappa shape index (κ1) is 11.3. The molecule has 2 unspecified atom stereocenters. The Morgan fingerprint density at radius 1 is 1.62 bits per heavy atom. The molecule has 1 aliphatic rings. The first-order valence-corrected chi connectivity index (χ1v) is 5.99. The van der Waals surface area contributed by atoms with Crippen molar-refractivity contribution < 1.29 is 0 Å². The highest BCUT2D eigenvalue weighted by Crippen LogP contribution is 2.37. The number of anilines is 1. The number of nitrogens with one attached hydrogen (secondary N) is 1. The lowest BCUT2D eigenvalue weighted by atomic mass is 10.2. The molecule has 16 heavy (non-hydrogen) atoms. The predicted octanol–water partition coefficient (Wildman–Crippen LogP) is 2.09. The Labute approximate surface area is 101 Å². The van der Waals surface area contributed by atoms with Crippen LogP contribution in [-0.2, 0) is 0 Å². The summed E-state index contributed by atoms with van der Waals surface area (Å²) in [6.45, 7) is 5.22. The van der Waals surface area contributed by atoms with Gasteiger partial charge >= 0.3 is 0 Å².